The van der Waals surface area contributed by atoms with Gasteiger partial charge in [0.15, 0.2) is 6.29 Å². The molecule has 108 valence electrons. The Morgan fingerprint density at radius 3 is 1.89 bits per heavy atom. The molecular formula is C16H27NO2. The van der Waals surface area contributed by atoms with Crippen molar-refractivity contribution < 1.29 is 9.47 Å². The summed E-state index contributed by atoms with van der Waals surface area (Å²) in [6, 6.07) is 2.13. The van der Waals surface area contributed by atoms with Crippen LogP contribution in [-0.2, 0) is 9.47 Å². The second kappa shape index (κ2) is 14.9. The van der Waals surface area contributed by atoms with Gasteiger partial charge in [0, 0.05) is 12.8 Å². The van der Waals surface area contributed by atoms with Crippen LogP contribution in [0.1, 0.15) is 52.4 Å². The van der Waals surface area contributed by atoms with Gasteiger partial charge in [0.25, 0.3) is 0 Å². The molecule has 0 spiro atoms. The van der Waals surface area contributed by atoms with E-state index in [0.717, 1.165) is 25.7 Å². The number of allylic oxidation sites excluding steroid dienone is 2. The van der Waals surface area contributed by atoms with Crippen LogP contribution in [0.15, 0.2) is 24.3 Å². The van der Waals surface area contributed by atoms with Crippen LogP contribution in [0.4, 0.5) is 0 Å². The maximum atomic E-state index is 8.61. The number of nitrogens with zero attached hydrogens (tertiary/aromatic N) is 1. The van der Waals surface area contributed by atoms with E-state index in [-0.39, 0.29) is 6.29 Å². The van der Waals surface area contributed by atoms with Crippen LogP contribution >= 0.6 is 0 Å². The number of nitriles is 1. The number of ether oxygens (including phenoxy) is 2. The molecular weight excluding hydrogens is 238 g/mol. The Labute approximate surface area is 117 Å². The molecule has 0 heterocycles. The van der Waals surface area contributed by atoms with Crippen LogP contribution < -0.4 is 0 Å². The molecule has 0 bridgehead atoms. The third-order valence-electron chi connectivity index (χ3n) is 2.47. The normalized spacial score (nSPS) is 11.7. The molecule has 0 fully saturated rings. The second-order valence-electron chi connectivity index (χ2n) is 4.20. The van der Waals surface area contributed by atoms with Crippen molar-refractivity contribution in [1.82, 2.24) is 0 Å². The summed E-state index contributed by atoms with van der Waals surface area (Å²) < 4.78 is 11.3. The van der Waals surface area contributed by atoms with Gasteiger partial charge in [-0.25, -0.2) is 0 Å². The largest absolute Gasteiger partial charge is 0.352 e. The number of rotatable bonds is 12. The van der Waals surface area contributed by atoms with Crippen molar-refractivity contribution >= 4 is 0 Å². The molecule has 0 rings (SSSR count). The lowest BCUT2D eigenvalue weighted by Gasteiger charge is -2.16. The lowest BCUT2D eigenvalue weighted by atomic mass is 10.3. The highest BCUT2D eigenvalue weighted by molar-refractivity contribution is 4.80. The standard InChI is InChI=1S/C16H27NO2/c1-3-5-7-9-14-18-16(12-11-13-17)19-15-10-8-6-4-2/h5-8,16H,3-4,9-12,14-15H2,1-2H3/b7-5-,8-6-. The Hall–Kier alpha value is -1.11. The average molecular weight is 265 g/mol. The minimum Gasteiger partial charge on any atom is -0.352 e. The van der Waals surface area contributed by atoms with Crippen LogP contribution in [0.25, 0.3) is 0 Å². The molecule has 0 radical (unpaired) electrons. The molecule has 3 heteroatoms. The predicted octanol–water partition coefficient (Wildman–Crippen LogP) is 4.36. The molecule has 0 unspecified atom stereocenters. The van der Waals surface area contributed by atoms with Gasteiger partial charge in [0.05, 0.1) is 19.3 Å². The molecule has 0 aromatic carbocycles. The highest BCUT2D eigenvalue weighted by Gasteiger charge is 2.07. The van der Waals surface area contributed by atoms with Crippen molar-refractivity contribution in [3.63, 3.8) is 0 Å². The summed E-state index contributed by atoms with van der Waals surface area (Å²) in [5, 5.41) is 8.61. The molecule has 0 amide bonds. The number of hydrogen-bond donors (Lipinski definition) is 0. The fourth-order valence-corrected chi connectivity index (χ4v) is 1.50. The Kier molecular flexibility index (Phi) is 14.1. The highest BCUT2D eigenvalue weighted by Crippen LogP contribution is 2.06. The Morgan fingerprint density at radius 1 is 0.947 bits per heavy atom. The molecule has 0 saturated heterocycles. The summed E-state index contributed by atoms with van der Waals surface area (Å²) in [5.74, 6) is 0. The quantitative estimate of drug-likeness (QED) is 0.299. The first kappa shape index (κ1) is 17.9. The summed E-state index contributed by atoms with van der Waals surface area (Å²) in [6.45, 7) is 5.52. The van der Waals surface area contributed by atoms with E-state index in [1.807, 2.05) is 0 Å². The van der Waals surface area contributed by atoms with Crippen LogP contribution in [0.2, 0.25) is 0 Å². The molecule has 19 heavy (non-hydrogen) atoms. The lowest BCUT2D eigenvalue weighted by Crippen LogP contribution is -2.18. The topological polar surface area (TPSA) is 42.2 Å². The van der Waals surface area contributed by atoms with Crippen molar-refractivity contribution in [2.75, 3.05) is 13.2 Å². The monoisotopic (exact) mass is 265 g/mol. The zero-order chi connectivity index (χ0) is 14.2. The average Bonchev–Trinajstić information content (AvgIpc) is 2.43. The van der Waals surface area contributed by atoms with Gasteiger partial charge >= 0.3 is 0 Å². The molecule has 3 nitrogen and oxygen atoms in total. The summed E-state index contributed by atoms with van der Waals surface area (Å²) in [6.07, 6.45) is 13.3. The third kappa shape index (κ3) is 13.1. The van der Waals surface area contributed by atoms with Gasteiger partial charge in [-0.15, -0.1) is 0 Å². The molecule has 0 aliphatic carbocycles. The fraction of sp³-hybridized carbons (Fsp3) is 0.688. The van der Waals surface area contributed by atoms with Crippen molar-refractivity contribution in [1.29, 1.82) is 5.26 Å². The first-order valence-electron chi connectivity index (χ1n) is 7.25. The predicted molar refractivity (Wildman–Crippen MR) is 78.6 cm³/mol. The van der Waals surface area contributed by atoms with Gasteiger partial charge in [0.2, 0.25) is 0 Å². The molecule has 0 saturated carbocycles. The maximum absolute atomic E-state index is 8.61. The smallest absolute Gasteiger partial charge is 0.158 e. The lowest BCUT2D eigenvalue weighted by molar-refractivity contribution is -0.143. The minimum atomic E-state index is -0.246. The van der Waals surface area contributed by atoms with Gasteiger partial charge in [-0.2, -0.15) is 5.26 Å². The van der Waals surface area contributed by atoms with Gasteiger partial charge in [-0.05, 0) is 25.7 Å². The van der Waals surface area contributed by atoms with Crippen LogP contribution in [0, 0.1) is 11.3 Å². The van der Waals surface area contributed by atoms with Gasteiger partial charge < -0.3 is 9.47 Å². The van der Waals surface area contributed by atoms with Crippen molar-refractivity contribution in [2.24, 2.45) is 0 Å². The Morgan fingerprint density at radius 2 is 1.47 bits per heavy atom. The Balaban J connectivity index is 3.78. The Bertz CT molecular complexity index is 259. The summed E-state index contributed by atoms with van der Waals surface area (Å²) >= 11 is 0. The summed E-state index contributed by atoms with van der Waals surface area (Å²) in [5.41, 5.74) is 0. The molecule has 0 aromatic rings. The van der Waals surface area contributed by atoms with Crippen LogP contribution in [0.3, 0.4) is 0 Å². The van der Waals surface area contributed by atoms with Crippen molar-refractivity contribution in [3.8, 4) is 6.07 Å². The van der Waals surface area contributed by atoms with E-state index < -0.39 is 0 Å². The first-order chi connectivity index (χ1) is 9.35. The molecule has 0 N–H and O–H groups in total. The zero-order valence-corrected chi connectivity index (χ0v) is 12.3. The van der Waals surface area contributed by atoms with Crippen LogP contribution in [-0.4, -0.2) is 19.5 Å². The summed E-state index contributed by atoms with van der Waals surface area (Å²) in [7, 11) is 0. The van der Waals surface area contributed by atoms with E-state index in [9.17, 15) is 0 Å². The van der Waals surface area contributed by atoms with Crippen LogP contribution in [0.5, 0.6) is 0 Å². The highest BCUT2D eigenvalue weighted by atomic mass is 16.7. The van der Waals surface area contributed by atoms with E-state index in [1.165, 1.54) is 0 Å². The summed E-state index contributed by atoms with van der Waals surface area (Å²) in [4.78, 5) is 0. The first-order valence-corrected chi connectivity index (χ1v) is 7.25. The maximum Gasteiger partial charge on any atom is 0.158 e. The molecule has 0 aromatic heterocycles. The second-order valence-corrected chi connectivity index (χ2v) is 4.20. The third-order valence-corrected chi connectivity index (χ3v) is 2.47. The van der Waals surface area contributed by atoms with Crippen molar-refractivity contribution in [2.45, 2.75) is 58.7 Å². The van der Waals surface area contributed by atoms with E-state index in [0.29, 0.717) is 26.1 Å². The van der Waals surface area contributed by atoms with E-state index >= 15 is 0 Å². The van der Waals surface area contributed by atoms with E-state index in [2.05, 4.69) is 44.2 Å². The van der Waals surface area contributed by atoms with E-state index in [1.54, 1.807) is 0 Å². The number of hydrogen-bond acceptors (Lipinski definition) is 3. The van der Waals surface area contributed by atoms with E-state index in [4.69, 9.17) is 14.7 Å². The minimum absolute atomic E-state index is 0.246. The van der Waals surface area contributed by atoms with Gasteiger partial charge in [-0.3, -0.25) is 0 Å². The van der Waals surface area contributed by atoms with Crippen molar-refractivity contribution in [3.05, 3.63) is 24.3 Å². The SMILES string of the molecule is CC/C=C\CCOC(CCC#N)OCC/C=C\CC. The zero-order valence-electron chi connectivity index (χ0n) is 12.3. The molecule has 0 atom stereocenters. The molecule has 0 aliphatic rings. The fourth-order valence-electron chi connectivity index (χ4n) is 1.50. The van der Waals surface area contributed by atoms with Gasteiger partial charge in [0.1, 0.15) is 0 Å². The van der Waals surface area contributed by atoms with Gasteiger partial charge in [-0.1, -0.05) is 38.2 Å². The molecule has 0 aliphatic heterocycles.